The van der Waals surface area contributed by atoms with Crippen molar-refractivity contribution in [1.82, 2.24) is 5.27 Å². The summed E-state index contributed by atoms with van der Waals surface area (Å²) >= 11 is 0. The summed E-state index contributed by atoms with van der Waals surface area (Å²) in [7, 11) is 0. The van der Waals surface area contributed by atoms with Crippen molar-refractivity contribution in [1.29, 1.82) is 0 Å². The van der Waals surface area contributed by atoms with E-state index in [4.69, 9.17) is 10.3 Å². The molecule has 1 aromatic heterocycles. The molecular weight excluding hydrogens is 204 g/mol. The largest absolute Gasteiger partial charge is 0.362 e. The Bertz CT molecular complexity index is 508. The molecule has 16 heavy (non-hydrogen) atoms. The monoisotopic (exact) mass is 217 g/mol. The van der Waals surface area contributed by atoms with Crippen molar-refractivity contribution in [2.75, 3.05) is 17.3 Å². The highest BCUT2D eigenvalue weighted by molar-refractivity contribution is 5.30. The van der Waals surface area contributed by atoms with E-state index in [1.54, 1.807) is 11.0 Å². The van der Waals surface area contributed by atoms with Crippen LogP contribution in [0.3, 0.4) is 0 Å². The quantitative estimate of drug-likeness (QED) is 0.695. The van der Waals surface area contributed by atoms with E-state index < -0.39 is 0 Å². The summed E-state index contributed by atoms with van der Waals surface area (Å²) in [6.45, 7) is 1.76. The topological polar surface area (TPSA) is 59.2 Å². The molecule has 0 bridgehead atoms. The lowest BCUT2D eigenvalue weighted by Gasteiger charge is -2.21. The SMILES string of the molecule is Nc1c[n+](N2CCc3ccccc3C2)no1. The van der Waals surface area contributed by atoms with Gasteiger partial charge in [-0.05, 0) is 17.5 Å². The van der Waals surface area contributed by atoms with Gasteiger partial charge in [0.15, 0.2) is 0 Å². The zero-order chi connectivity index (χ0) is 11.0. The predicted molar refractivity (Wildman–Crippen MR) is 58.0 cm³/mol. The molecule has 0 unspecified atom stereocenters. The summed E-state index contributed by atoms with van der Waals surface area (Å²) in [6, 6.07) is 8.46. The molecule has 0 fully saturated rings. The molecule has 2 heterocycles. The molecule has 0 atom stereocenters. The van der Waals surface area contributed by atoms with Gasteiger partial charge in [-0.3, -0.25) is 4.52 Å². The minimum Gasteiger partial charge on any atom is -0.362 e. The smallest absolute Gasteiger partial charge is 0.296 e. The summed E-state index contributed by atoms with van der Waals surface area (Å²) in [5.41, 5.74) is 8.25. The average molecular weight is 217 g/mol. The second kappa shape index (κ2) is 3.52. The highest BCUT2D eigenvalue weighted by Crippen LogP contribution is 2.15. The van der Waals surface area contributed by atoms with Gasteiger partial charge in [-0.15, -0.1) is 5.01 Å². The molecule has 0 amide bonds. The van der Waals surface area contributed by atoms with Gasteiger partial charge in [0.2, 0.25) is 5.27 Å². The van der Waals surface area contributed by atoms with Crippen LogP contribution in [0.4, 0.5) is 5.88 Å². The molecular formula is C11H13N4O+. The minimum atomic E-state index is 0.332. The first-order valence-corrected chi connectivity index (χ1v) is 5.29. The third-order valence-corrected chi connectivity index (χ3v) is 2.87. The molecule has 0 aliphatic carbocycles. The fourth-order valence-corrected chi connectivity index (χ4v) is 2.04. The van der Waals surface area contributed by atoms with Crippen molar-refractivity contribution in [3.05, 3.63) is 41.6 Å². The lowest BCUT2D eigenvalue weighted by Crippen LogP contribution is -2.60. The van der Waals surface area contributed by atoms with Crippen LogP contribution in [-0.4, -0.2) is 11.8 Å². The van der Waals surface area contributed by atoms with Crippen LogP contribution in [0.1, 0.15) is 11.1 Å². The summed E-state index contributed by atoms with van der Waals surface area (Å²) in [4.78, 5) is 1.67. The summed E-state index contributed by atoms with van der Waals surface area (Å²) < 4.78 is 4.85. The number of fused-ring (bicyclic) bond motifs is 1. The summed E-state index contributed by atoms with van der Waals surface area (Å²) in [6.07, 6.45) is 2.71. The van der Waals surface area contributed by atoms with Crippen LogP contribution in [0, 0.1) is 0 Å². The summed E-state index contributed by atoms with van der Waals surface area (Å²) in [5, 5.41) is 5.95. The van der Waals surface area contributed by atoms with Crippen molar-refractivity contribution < 1.29 is 9.31 Å². The zero-order valence-corrected chi connectivity index (χ0v) is 8.84. The van der Waals surface area contributed by atoms with Gasteiger partial charge in [0, 0.05) is 0 Å². The van der Waals surface area contributed by atoms with Crippen LogP contribution in [0.2, 0.25) is 0 Å². The Labute approximate surface area is 93.0 Å². The third kappa shape index (κ3) is 1.50. The Hall–Kier alpha value is -2.04. The maximum Gasteiger partial charge on any atom is 0.296 e. The van der Waals surface area contributed by atoms with E-state index in [1.165, 1.54) is 11.1 Å². The molecule has 82 valence electrons. The van der Waals surface area contributed by atoms with E-state index in [0.717, 1.165) is 19.5 Å². The number of hydrogen-bond donors (Lipinski definition) is 1. The second-order valence-electron chi connectivity index (χ2n) is 3.93. The van der Waals surface area contributed by atoms with Crippen molar-refractivity contribution in [3.8, 4) is 0 Å². The molecule has 0 saturated carbocycles. The number of hydrogen-bond acceptors (Lipinski definition) is 4. The van der Waals surface area contributed by atoms with E-state index >= 15 is 0 Å². The van der Waals surface area contributed by atoms with E-state index in [9.17, 15) is 0 Å². The maximum absolute atomic E-state index is 5.50. The van der Waals surface area contributed by atoms with Crippen molar-refractivity contribution in [2.45, 2.75) is 13.0 Å². The van der Waals surface area contributed by atoms with Crippen LogP contribution in [0.25, 0.3) is 0 Å². The van der Waals surface area contributed by atoms with Crippen molar-refractivity contribution in [2.24, 2.45) is 0 Å². The molecule has 5 heteroatoms. The number of nitrogens with zero attached hydrogens (tertiary/aromatic N) is 3. The fourth-order valence-electron chi connectivity index (χ4n) is 2.04. The molecule has 0 spiro atoms. The lowest BCUT2D eigenvalue weighted by atomic mass is 10.0. The van der Waals surface area contributed by atoms with Crippen molar-refractivity contribution in [3.63, 3.8) is 0 Å². The molecule has 2 aromatic rings. The molecule has 1 aliphatic heterocycles. The average Bonchev–Trinajstić information content (AvgIpc) is 2.75. The van der Waals surface area contributed by atoms with Crippen LogP contribution >= 0.6 is 0 Å². The molecule has 1 aliphatic rings. The molecule has 5 nitrogen and oxygen atoms in total. The Kier molecular flexibility index (Phi) is 2.02. The number of benzene rings is 1. The van der Waals surface area contributed by atoms with Crippen LogP contribution < -0.4 is 15.5 Å². The highest BCUT2D eigenvalue weighted by Gasteiger charge is 2.24. The van der Waals surface area contributed by atoms with Gasteiger partial charge >= 0.3 is 0 Å². The normalized spacial score (nSPS) is 14.9. The standard InChI is InChI=1S/C11H13N4O/c12-11-8-15(13-16-11)14-6-5-9-3-1-2-4-10(9)7-14/h1-4,8H,5-7,12H2/q+1. The van der Waals surface area contributed by atoms with Gasteiger partial charge in [-0.2, -0.15) is 0 Å². The zero-order valence-electron chi connectivity index (χ0n) is 8.84. The Balaban J connectivity index is 1.88. The maximum atomic E-state index is 5.50. The number of aromatic nitrogens is 2. The van der Waals surface area contributed by atoms with Crippen molar-refractivity contribution >= 4 is 5.88 Å². The first kappa shape index (κ1) is 9.21. The van der Waals surface area contributed by atoms with Gasteiger partial charge < -0.3 is 5.73 Å². The lowest BCUT2D eigenvalue weighted by molar-refractivity contribution is -0.760. The summed E-state index contributed by atoms with van der Waals surface area (Å²) in [5.74, 6) is 0.332. The highest BCUT2D eigenvalue weighted by atomic mass is 16.5. The second-order valence-corrected chi connectivity index (χ2v) is 3.93. The van der Waals surface area contributed by atoms with E-state index in [2.05, 4.69) is 34.5 Å². The van der Waals surface area contributed by atoms with Crippen LogP contribution in [0.5, 0.6) is 0 Å². The van der Waals surface area contributed by atoms with Gasteiger partial charge in [0.05, 0.1) is 11.3 Å². The van der Waals surface area contributed by atoms with Gasteiger partial charge in [0.25, 0.3) is 12.1 Å². The Morgan fingerprint density at radius 3 is 2.88 bits per heavy atom. The number of rotatable bonds is 1. The molecule has 0 radical (unpaired) electrons. The minimum absolute atomic E-state index is 0.332. The Morgan fingerprint density at radius 1 is 1.31 bits per heavy atom. The fraction of sp³-hybridized carbons (Fsp3) is 0.273. The van der Waals surface area contributed by atoms with E-state index in [0.29, 0.717) is 5.88 Å². The predicted octanol–water partition coefficient (Wildman–Crippen LogP) is 0.239. The first-order valence-electron chi connectivity index (χ1n) is 5.29. The third-order valence-electron chi connectivity index (χ3n) is 2.87. The molecule has 3 rings (SSSR count). The molecule has 0 saturated heterocycles. The van der Waals surface area contributed by atoms with Crippen LogP contribution in [0.15, 0.2) is 35.0 Å². The number of anilines is 1. The van der Waals surface area contributed by atoms with Crippen LogP contribution in [-0.2, 0) is 13.0 Å². The van der Waals surface area contributed by atoms with Gasteiger partial charge in [-0.25, -0.2) is 0 Å². The molecule has 1 aromatic carbocycles. The Morgan fingerprint density at radius 2 is 2.12 bits per heavy atom. The van der Waals surface area contributed by atoms with E-state index in [-0.39, 0.29) is 0 Å². The first-order chi connectivity index (χ1) is 7.83. The number of nitrogen functional groups attached to an aromatic ring is 1. The number of nitrogens with two attached hydrogens (primary N) is 1. The molecule has 2 N–H and O–H groups in total. The van der Waals surface area contributed by atoms with Gasteiger partial charge in [-0.1, -0.05) is 24.3 Å². The van der Waals surface area contributed by atoms with E-state index in [1.807, 2.05) is 0 Å². The van der Waals surface area contributed by atoms with Gasteiger partial charge in [0.1, 0.15) is 6.54 Å².